The summed E-state index contributed by atoms with van der Waals surface area (Å²) in [5.41, 5.74) is 3.79. The predicted octanol–water partition coefficient (Wildman–Crippen LogP) is 3.85. The van der Waals surface area contributed by atoms with E-state index in [1.165, 1.54) is 19.3 Å². The summed E-state index contributed by atoms with van der Waals surface area (Å²) in [6.07, 6.45) is 10.1. The maximum atomic E-state index is 13.0. The number of fused-ring (bicyclic) bond motifs is 1. The van der Waals surface area contributed by atoms with Crippen molar-refractivity contribution in [1.29, 1.82) is 0 Å². The number of H-pyrrole nitrogens is 1. The largest absolute Gasteiger partial charge is 0.370 e. The van der Waals surface area contributed by atoms with Gasteiger partial charge in [0.25, 0.3) is 5.56 Å². The van der Waals surface area contributed by atoms with Crippen LogP contribution < -0.4 is 10.5 Å². The number of benzene rings is 1. The Hall–Kier alpha value is -2.54. The van der Waals surface area contributed by atoms with Crippen molar-refractivity contribution in [3.05, 3.63) is 47.0 Å². The van der Waals surface area contributed by atoms with Gasteiger partial charge in [0.1, 0.15) is 5.52 Å². The Kier molecular flexibility index (Phi) is 4.01. The molecule has 2 aliphatic carbocycles. The average molecular weight is 438 g/mol. The van der Waals surface area contributed by atoms with Gasteiger partial charge in [-0.05, 0) is 68.2 Å². The minimum Gasteiger partial charge on any atom is -0.370 e. The van der Waals surface area contributed by atoms with Crippen LogP contribution in [0.4, 0.5) is 5.69 Å². The number of nitrogens with one attached hydrogen (secondary N) is 1. The highest BCUT2D eigenvalue weighted by Gasteiger charge is 2.46. The van der Waals surface area contributed by atoms with Crippen molar-refractivity contribution >= 4 is 26.4 Å². The molecule has 0 unspecified atom stereocenters. The second-order valence-electron chi connectivity index (χ2n) is 9.67. The normalized spacial score (nSPS) is 20.5. The maximum Gasteiger partial charge on any atom is 0.274 e. The Morgan fingerprint density at radius 1 is 1.10 bits per heavy atom. The maximum absolute atomic E-state index is 13.0. The SMILES string of the molecule is Cn1cc(-c2cc(S(=O)(=O)C3CC3)ccc2N2CCCC3(CC3)C2)c2cc[nH]c2c1=O. The van der Waals surface area contributed by atoms with E-state index in [9.17, 15) is 13.2 Å². The van der Waals surface area contributed by atoms with E-state index in [1.54, 1.807) is 23.9 Å². The van der Waals surface area contributed by atoms with Crippen LogP contribution in [0.3, 0.4) is 0 Å². The van der Waals surface area contributed by atoms with Crippen LogP contribution in [0.25, 0.3) is 22.0 Å². The summed E-state index contributed by atoms with van der Waals surface area (Å²) in [6, 6.07) is 7.55. The van der Waals surface area contributed by atoms with Crippen molar-refractivity contribution < 1.29 is 8.42 Å². The summed E-state index contributed by atoms with van der Waals surface area (Å²) in [5.74, 6) is 0. The molecular formula is C24H27N3O3S. The summed E-state index contributed by atoms with van der Waals surface area (Å²) in [4.78, 5) is 18.5. The lowest BCUT2D eigenvalue weighted by atomic mass is 9.93. The Bertz CT molecular complexity index is 1360. The molecule has 162 valence electrons. The molecule has 6 rings (SSSR count). The van der Waals surface area contributed by atoms with Gasteiger partial charge < -0.3 is 14.5 Å². The third kappa shape index (κ3) is 3.04. The van der Waals surface area contributed by atoms with Gasteiger partial charge in [0.15, 0.2) is 9.84 Å². The van der Waals surface area contributed by atoms with Gasteiger partial charge in [-0.2, -0.15) is 0 Å². The molecule has 1 spiro atoms. The molecule has 1 aliphatic heterocycles. The van der Waals surface area contributed by atoms with E-state index >= 15 is 0 Å². The summed E-state index contributed by atoms with van der Waals surface area (Å²) >= 11 is 0. The first-order valence-corrected chi connectivity index (χ1v) is 12.7. The van der Waals surface area contributed by atoms with Crippen LogP contribution in [0, 0.1) is 5.41 Å². The third-order valence-electron chi connectivity index (χ3n) is 7.40. The van der Waals surface area contributed by atoms with Crippen molar-refractivity contribution in [3.8, 4) is 11.1 Å². The molecule has 1 aromatic carbocycles. The summed E-state index contributed by atoms with van der Waals surface area (Å²) < 4.78 is 27.7. The number of rotatable bonds is 4. The zero-order valence-corrected chi connectivity index (χ0v) is 18.5. The van der Waals surface area contributed by atoms with E-state index in [1.807, 2.05) is 24.4 Å². The molecule has 2 saturated carbocycles. The molecule has 3 aliphatic rings. The van der Waals surface area contributed by atoms with Crippen LogP contribution >= 0.6 is 0 Å². The first kappa shape index (κ1) is 19.2. The van der Waals surface area contributed by atoms with Crippen molar-refractivity contribution in [2.24, 2.45) is 12.5 Å². The van der Waals surface area contributed by atoms with Crippen LogP contribution in [0.1, 0.15) is 38.5 Å². The van der Waals surface area contributed by atoms with E-state index in [4.69, 9.17) is 0 Å². The number of hydrogen-bond donors (Lipinski definition) is 1. The fourth-order valence-electron chi connectivity index (χ4n) is 5.24. The average Bonchev–Trinajstić information content (AvgIpc) is 3.69. The molecule has 2 aromatic heterocycles. The molecule has 6 nitrogen and oxygen atoms in total. The molecule has 3 heterocycles. The minimum absolute atomic E-state index is 0.0815. The number of aryl methyl sites for hydroxylation is 1. The topological polar surface area (TPSA) is 75.2 Å². The Balaban J connectivity index is 1.57. The zero-order valence-electron chi connectivity index (χ0n) is 17.7. The van der Waals surface area contributed by atoms with Crippen LogP contribution in [0.15, 0.2) is 46.3 Å². The molecular weight excluding hydrogens is 410 g/mol. The molecule has 1 N–H and O–H groups in total. The quantitative estimate of drug-likeness (QED) is 0.673. The van der Waals surface area contributed by atoms with Crippen molar-refractivity contribution in [3.63, 3.8) is 0 Å². The van der Waals surface area contributed by atoms with Crippen LogP contribution in [-0.4, -0.2) is 36.3 Å². The van der Waals surface area contributed by atoms with E-state index in [0.717, 1.165) is 54.6 Å². The number of hydrogen-bond acceptors (Lipinski definition) is 4. The van der Waals surface area contributed by atoms with Gasteiger partial charge >= 0.3 is 0 Å². The fraction of sp³-hybridized carbons (Fsp3) is 0.458. The molecule has 0 amide bonds. The van der Waals surface area contributed by atoms with E-state index in [-0.39, 0.29) is 10.8 Å². The van der Waals surface area contributed by atoms with Crippen molar-refractivity contribution in [2.75, 3.05) is 18.0 Å². The molecule has 31 heavy (non-hydrogen) atoms. The van der Waals surface area contributed by atoms with Gasteiger partial charge in [-0.25, -0.2) is 8.42 Å². The zero-order chi connectivity index (χ0) is 21.4. The summed E-state index contributed by atoms with van der Waals surface area (Å²) in [7, 11) is -1.56. The van der Waals surface area contributed by atoms with Gasteiger partial charge in [-0.15, -0.1) is 0 Å². The number of aromatic nitrogens is 2. The van der Waals surface area contributed by atoms with Crippen LogP contribution in [0.5, 0.6) is 0 Å². The lowest BCUT2D eigenvalue weighted by Crippen LogP contribution is -2.36. The number of sulfone groups is 1. The minimum atomic E-state index is -3.31. The Morgan fingerprint density at radius 3 is 2.65 bits per heavy atom. The van der Waals surface area contributed by atoms with Crippen LogP contribution in [0.2, 0.25) is 0 Å². The van der Waals surface area contributed by atoms with Crippen LogP contribution in [-0.2, 0) is 16.9 Å². The molecule has 1 saturated heterocycles. The highest BCUT2D eigenvalue weighted by atomic mass is 32.2. The molecule has 0 atom stereocenters. The molecule has 7 heteroatoms. The molecule has 3 fully saturated rings. The highest BCUT2D eigenvalue weighted by Crippen LogP contribution is 2.53. The fourth-order valence-corrected chi connectivity index (χ4v) is 6.92. The summed E-state index contributed by atoms with van der Waals surface area (Å²) in [5, 5.41) is 0.590. The lowest BCUT2D eigenvalue weighted by Gasteiger charge is -2.36. The highest BCUT2D eigenvalue weighted by molar-refractivity contribution is 7.92. The van der Waals surface area contributed by atoms with E-state index in [2.05, 4.69) is 9.88 Å². The number of nitrogens with zero attached hydrogens (tertiary/aromatic N) is 2. The van der Waals surface area contributed by atoms with Crippen molar-refractivity contribution in [1.82, 2.24) is 9.55 Å². The first-order valence-electron chi connectivity index (χ1n) is 11.2. The molecule has 3 aromatic rings. The monoisotopic (exact) mass is 437 g/mol. The Labute approximate surface area is 181 Å². The van der Waals surface area contributed by atoms with E-state index in [0.29, 0.717) is 15.8 Å². The smallest absolute Gasteiger partial charge is 0.274 e. The first-order chi connectivity index (χ1) is 14.9. The van der Waals surface area contributed by atoms with Gasteiger partial charge in [0.2, 0.25) is 0 Å². The number of piperidine rings is 1. The van der Waals surface area contributed by atoms with Gasteiger partial charge in [0.05, 0.1) is 10.1 Å². The Morgan fingerprint density at radius 2 is 1.90 bits per heavy atom. The number of anilines is 1. The third-order valence-corrected chi connectivity index (χ3v) is 9.66. The molecule has 0 radical (unpaired) electrons. The van der Waals surface area contributed by atoms with Crippen molar-refractivity contribution in [2.45, 2.75) is 48.7 Å². The predicted molar refractivity (Wildman–Crippen MR) is 122 cm³/mol. The molecule has 0 bridgehead atoms. The van der Waals surface area contributed by atoms with Gasteiger partial charge in [-0.3, -0.25) is 4.79 Å². The standard InChI is InChI=1S/C24H27N3O3S/c1-26-14-20(18-7-11-25-22(18)23(26)28)19-13-17(31(29,30)16-3-4-16)5-6-21(19)27-12-2-8-24(15-27)9-10-24/h5-7,11,13-14,16,25H,2-4,8-10,12,15H2,1H3. The lowest BCUT2D eigenvalue weighted by molar-refractivity contribution is 0.395. The van der Waals surface area contributed by atoms with Gasteiger partial charge in [-0.1, -0.05) is 0 Å². The second-order valence-corrected chi connectivity index (χ2v) is 11.9. The van der Waals surface area contributed by atoms with Gasteiger partial charge in [0, 0.05) is 54.7 Å². The number of aromatic amines is 1. The second kappa shape index (κ2) is 6.48. The van der Waals surface area contributed by atoms with E-state index < -0.39 is 9.84 Å². The number of pyridine rings is 1. The summed E-state index contributed by atoms with van der Waals surface area (Å²) in [6.45, 7) is 2.00.